The standard InChI is InChI=1S/C9H14BrNOS.ClH/c1-9(2,6-12)11-4-8-3-7(10)5-13-8;/h3,5,11-12H,4,6H2,1-2H3;1H. The Kier molecular flexibility index (Phi) is 6.25. The van der Waals surface area contributed by atoms with Gasteiger partial charge in [0.25, 0.3) is 0 Å². The number of rotatable bonds is 4. The molecule has 2 nitrogen and oxygen atoms in total. The highest BCUT2D eigenvalue weighted by atomic mass is 79.9. The summed E-state index contributed by atoms with van der Waals surface area (Å²) in [6, 6.07) is 2.09. The molecule has 1 heterocycles. The van der Waals surface area contributed by atoms with Gasteiger partial charge < -0.3 is 10.4 Å². The van der Waals surface area contributed by atoms with Gasteiger partial charge in [0.2, 0.25) is 0 Å². The molecule has 0 bridgehead atoms. The van der Waals surface area contributed by atoms with E-state index in [2.05, 4.69) is 32.7 Å². The van der Waals surface area contributed by atoms with Crippen LogP contribution in [-0.2, 0) is 6.54 Å². The average Bonchev–Trinajstić information content (AvgIpc) is 2.48. The zero-order valence-corrected chi connectivity index (χ0v) is 11.4. The molecule has 82 valence electrons. The molecule has 0 saturated heterocycles. The fraction of sp³-hybridized carbons (Fsp3) is 0.556. The van der Waals surface area contributed by atoms with Gasteiger partial charge in [-0.05, 0) is 35.8 Å². The first kappa shape index (κ1) is 14.4. The van der Waals surface area contributed by atoms with Crippen LogP contribution in [0.15, 0.2) is 15.9 Å². The normalized spacial score (nSPS) is 11.1. The molecule has 0 radical (unpaired) electrons. The van der Waals surface area contributed by atoms with Gasteiger partial charge >= 0.3 is 0 Å². The largest absolute Gasteiger partial charge is 0.394 e. The lowest BCUT2D eigenvalue weighted by atomic mass is 10.1. The fourth-order valence-corrected chi connectivity index (χ4v) is 2.22. The summed E-state index contributed by atoms with van der Waals surface area (Å²) in [6.45, 7) is 4.93. The molecule has 1 aromatic heterocycles. The van der Waals surface area contributed by atoms with E-state index in [-0.39, 0.29) is 24.6 Å². The second kappa shape index (κ2) is 6.08. The summed E-state index contributed by atoms with van der Waals surface area (Å²) >= 11 is 5.11. The Hall–Kier alpha value is 0.390. The zero-order chi connectivity index (χ0) is 9.90. The molecule has 0 spiro atoms. The second-order valence-electron chi connectivity index (χ2n) is 3.63. The maximum absolute atomic E-state index is 9.01. The van der Waals surface area contributed by atoms with Crippen molar-refractivity contribution in [2.45, 2.75) is 25.9 Å². The van der Waals surface area contributed by atoms with E-state index in [1.165, 1.54) is 4.88 Å². The van der Waals surface area contributed by atoms with Crippen LogP contribution < -0.4 is 5.32 Å². The van der Waals surface area contributed by atoms with Crippen molar-refractivity contribution in [3.63, 3.8) is 0 Å². The van der Waals surface area contributed by atoms with Crippen LogP contribution in [0.1, 0.15) is 18.7 Å². The van der Waals surface area contributed by atoms with E-state index in [1.807, 2.05) is 13.8 Å². The Morgan fingerprint density at radius 2 is 2.21 bits per heavy atom. The molecule has 0 aliphatic rings. The molecule has 0 aliphatic heterocycles. The highest BCUT2D eigenvalue weighted by molar-refractivity contribution is 9.10. The summed E-state index contributed by atoms with van der Waals surface area (Å²) in [5.41, 5.74) is -0.198. The molecule has 2 N–H and O–H groups in total. The molecule has 0 aromatic carbocycles. The molecule has 0 atom stereocenters. The minimum absolute atomic E-state index is 0. The van der Waals surface area contributed by atoms with Crippen molar-refractivity contribution in [1.82, 2.24) is 5.32 Å². The van der Waals surface area contributed by atoms with Gasteiger partial charge in [-0.1, -0.05) is 0 Å². The van der Waals surface area contributed by atoms with Crippen LogP contribution in [-0.4, -0.2) is 17.3 Å². The topological polar surface area (TPSA) is 32.3 Å². The van der Waals surface area contributed by atoms with Crippen molar-refractivity contribution >= 4 is 39.7 Å². The van der Waals surface area contributed by atoms with Gasteiger partial charge in [-0.25, -0.2) is 0 Å². The molecule has 0 aliphatic carbocycles. The molecule has 14 heavy (non-hydrogen) atoms. The summed E-state index contributed by atoms with van der Waals surface area (Å²) in [7, 11) is 0. The minimum Gasteiger partial charge on any atom is -0.394 e. The molecular formula is C9H15BrClNOS. The van der Waals surface area contributed by atoms with Crippen LogP contribution in [0.4, 0.5) is 0 Å². The maximum atomic E-state index is 9.01. The maximum Gasteiger partial charge on any atom is 0.0607 e. The number of halogens is 2. The molecule has 0 fully saturated rings. The van der Waals surface area contributed by atoms with E-state index >= 15 is 0 Å². The van der Waals surface area contributed by atoms with E-state index in [9.17, 15) is 0 Å². The summed E-state index contributed by atoms with van der Waals surface area (Å²) < 4.78 is 1.12. The van der Waals surface area contributed by atoms with Crippen molar-refractivity contribution in [3.8, 4) is 0 Å². The number of aliphatic hydroxyl groups is 1. The van der Waals surface area contributed by atoms with E-state index in [0.29, 0.717) is 0 Å². The predicted molar refractivity (Wildman–Crippen MR) is 67.3 cm³/mol. The average molecular weight is 301 g/mol. The molecular weight excluding hydrogens is 286 g/mol. The van der Waals surface area contributed by atoms with Crippen LogP contribution >= 0.6 is 39.7 Å². The predicted octanol–water partition coefficient (Wildman–Crippen LogP) is 2.79. The third kappa shape index (κ3) is 4.75. The van der Waals surface area contributed by atoms with Gasteiger partial charge in [-0.2, -0.15) is 0 Å². The molecule has 0 unspecified atom stereocenters. The number of hydrogen-bond donors (Lipinski definition) is 2. The lowest BCUT2D eigenvalue weighted by Crippen LogP contribution is -2.41. The molecule has 1 rings (SSSR count). The van der Waals surface area contributed by atoms with Crippen molar-refractivity contribution in [2.24, 2.45) is 0 Å². The molecule has 0 saturated carbocycles. The third-order valence-corrected chi connectivity index (χ3v) is 3.46. The smallest absolute Gasteiger partial charge is 0.0607 e. The van der Waals surface area contributed by atoms with Gasteiger partial charge in [0.05, 0.1) is 6.61 Å². The Labute approximate surface area is 103 Å². The molecule has 0 amide bonds. The number of nitrogens with one attached hydrogen (secondary N) is 1. The van der Waals surface area contributed by atoms with Crippen LogP contribution in [0.5, 0.6) is 0 Å². The van der Waals surface area contributed by atoms with E-state index in [0.717, 1.165) is 11.0 Å². The summed E-state index contributed by atoms with van der Waals surface area (Å²) in [5.74, 6) is 0. The van der Waals surface area contributed by atoms with Crippen LogP contribution in [0, 0.1) is 0 Å². The van der Waals surface area contributed by atoms with Crippen molar-refractivity contribution in [2.75, 3.05) is 6.61 Å². The zero-order valence-electron chi connectivity index (χ0n) is 8.21. The minimum atomic E-state index is -0.198. The lowest BCUT2D eigenvalue weighted by Gasteiger charge is -2.22. The number of aliphatic hydroxyl groups excluding tert-OH is 1. The van der Waals surface area contributed by atoms with Crippen molar-refractivity contribution < 1.29 is 5.11 Å². The van der Waals surface area contributed by atoms with E-state index < -0.39 is 0 Å². The van der Waals surface area contributed by atoms with Crippen LogP contribution in [0.3, 0.4) is 0 Å². The van der Waals surface area contributed by atoms with E-state index in [1.54, 1.807) is 11.3 Å². The van der Waals surface area contributed by atoms with Gasteiger partial charge in [-0.15, -0.1) is 23.7 Å². The Morgan fingerprint density at radius 1 is 1.57 bits per heavy atom. The first-order valence-electron chi connectivity index (χ1n) is 4.12. The summed E-state index contributed by atoms with van der Waals surface area (Å²) in [4.78, 5) is 1.27. The first-order chi connectivity index (χ1) is 6.03. The van der Waals surface area contributed by atoms with Crippen molar-refractivity contribution in [1.29, 1.82) is 0 Å². The monoisotopic (exact) mass is 299 g/mol. The lowest BCUT2D eigenvalue weighted by molar-refractivity contribution is 0.187. The number of hydrogen-bond acceptors (Lipinski definition) is 3. The quantitative estimate of drug-likeness (QED) is 0.896. The van der Waals surface area contributed by atoms with Gasteiger partial charge in [-0.3, -0.25) is 0 Å². The third-order valence-electron chi connectivity index (χ3n) is 1.76. The highest BCUT2D eigenvalue weighted by Gasteiger charge is 2.14. The van der Waals surface area contributed by atoms with Crippen molar-refractivity contribution in [3.05, 3.63) is 20.8 Å². The SMILES string of the molecule is CC(C)(CO)NCc1cc(Br)cs1.Cl. The van der Waals surface area contributed by atoms with Gasteiger partial charge in [0.15, 0.2) is 0 Å². The summed E-state index contributed by atoms with van der Waals surface area (Å²) in [6.07, 6.45) is 0. The fourth-order valence-electron chi connectivity index (χ4n) is 0.829. The van der Waals surface area contributed by atoms with Crippen LogP contribution in [0.2, 0.25) is 0 Å². The second-order valence-corrected chi connectivity index (χ2v) is 5.54. The van der Waals surface area contributed by atoms with Gasteiger partial charge in [0, 0.05) is 26.8 Å². The Balaban J connectivity index is 0.00000169. The van der Waals surface area contributed by atoms with E-state index in [4.69, 9.17) is 5.11 Å². The number of thiophene rings is 1. The van der Waals surface area contributed by atoms with Gasteiger partial charge in [0.1, 0.15) is 0 Å². The first-order valence-corrected chi connectivity index (χ1v) is 5.79. The van der Waals surface area contributed by atoms with Crippen LogP contribution in [0.25, 0.3) is 0 Å². The molecule has 1 aromatic rings. The summed E-state index contributed by atoms with van der Waals surface area (Å²) in [5, 5.41) is 14.3. The molecule has 5 heteroatoms. The Bertz CT molecular complexity index is 278. The highest BCUT2D eigenvalue weighted by Crippen LogP contribution is 2.19. The Morgan fingerprint density at radius 3 is 2.64 bits per heavy atom.